The number of hydrogen-bond donors (Lipinski definition) is 3. The quantitative estimate of drug-likeness (QED) is 0.370. The number of rotatable bonds is 5. The van der Waals surface area contributed by atoms with Gasteiger partial charge in [0, 0.05) is 59.9 Å². The highest BCUT2D eigenvalue weighted by molar-refractivity contribution is 7.80. The Kier molecular flexibility index (Phi) is 5.12. The van der Waals surface area contributed by atoms with Crippen molar-refractivity contribution in [1.29, 1.82) is 0 Å². The van der Waals surface area contributed by atoms with Gasteiger partial charge in [-0.3, -0.25) is 9.27 Å². The van der Waals surface area contributed by atoms with Crippen molar-refractivity contribution >= 4 is 44.4 Å². The van der Waals surface area contributed by atoms with Crippen LogP contribution in [0.1, 0.15) is 25.8 Å². The maximum absolute atomic E-state index is 15.8. The molecule has 0 bridgehead atoms. The third-order valence-corrected chi connectivity index (χ3v) is 7.18. The second kappa shape index (κ2) is 8.07. The first-order chi connectivity index (χ1) is 16.4. The highest BCUT2D eigenvalue weighted by Gasteiger charge is 2.32. The Morgan fingerprint density at radius 3 is 2.82 bits per heavy atom. The van der Waals surface area contributed by atoms with Crippen LogP contribution in [0.5, 0.6) is 5.75 Å². The summed E-state index contributed by atoms with van der Waals surface area (Å²) in [5.74, 6) is 0.223. The number of piperazine rings is 1. The molecule has 1 aliphatic carbocycles. The van der Waals surface area contributed by atoms with E-state index >= 15 is 4.39 Å². The van der Waals surface area contributed by atoms with E-state index in [4.69, 9.17) is 9.72 Å². The largest absolute Gasteiger partial charge is 0.492 e. The van der Waals surface area contributed by atoms with E-state index in [9.17, 15) is 8.76 Å². The lowest BCUT2D eigenvalue weighted by Gasteiger charge is -2.35. The minimum atomic E-state index is -2.17. The van der Waals surface area contributed by atoms with Crippen molar-refractivity contribution in [2.45, 2.75) is 31.8 Å². The molecule has 2 aromatic rings. The van der Waals surface area contributed by atoms with Crippen LogP contribution in [0, 0.1) is 5.82 Å². The van der Waals surface area contributed by atoms with Crippen molar-refractivity contribution in [3.8, 4) is 17.0 Å². The molecule has 0 spiro atoms. The molecule has 3 heterocycles. The molecule has 1 saturated heterocycles. The van der Waals surface area contributed by atoms with E-state index in [2.05, 4.69) is 32.6 Å². The number of hydrogen-bond acceptors (Lipinski definition) is 5. The van der Waals surface area contributed by atoms with Crippen LogP contribution in [0.25, 0.3) is 33.1 Å². The van der Waals surface area contributed by atoms with E-state index in [-0.39, 0.29) is 11.9 Å². The SMILES string of the molecule is COc1c(N2CCNC(C)C2)c(F)cc2c3nc4ccc(NS(=O)O)cc4c-3cn(C3CC3)c12. The van der Waals surface area contributed by atoms with Crippen LogP contribution in [-0.4, -0.2) is 51.1 Å². The van der Waals surface area contributed by atoms with E-state index in [1.54, 1.807) is 19.2 Å². The molecule has 3 N–H and O–H groups in total. The number of pyridine rings is 1. The van der Waals surface area contributed by atoms with Gasteiger partial charge in [0.05, 0.1) is 23.8 Å². The highest BCUT2D eigenvalue weighted by Crippen LogP contribution is 2.49. The number of nitrogens with zero attached hydrogens (tertiary/aromatic N) is 3. The van der Waals surface area contributed by atoms with E-state index in [0.29, 0.717) is 47.3 Å². The molecule has 6 rings (SSSR count). The molecule has 2 unspecified atom stereocenters. The molecular weight excluding hydrogens is 457 g/mol. The van der Waals surface area contributed by atoms with Crippen molar-refractivity contribution in [2.24, 2.45) is 0 Å². The van der Waals surface area contributed by atoms with Crippen molar-refractivity contribution < 1.29 is 17.9 Å². The van der Waals surface area contributed by atoms with Crippen molar-refractivity contribution in [2.75, 3.05) is 36.4 Å². The fourth-order valence-electron chi connectivity index (χ4n) is 5.17. The topological polar surface area (TPSA) is 91.7 Å². The molecule has 10 heteroatoms. The smallest absolute Gasteiger partial charge is 0.259 e. The minimum absolute atomic E-state index is 0.254. The number of ether oxygens (including phenoxy) is 1. The zero-order valence-electron chi connectivity index (χ0n) is 19.0. The molecule has 0 aromatic heterocycles. The lowest BCUT2D eigenvalue weighted by molar-refractivity contribution is 0.407. The van der Waals surface area contributed by atoms with Gasteiger partial charge in [-0.15, -0.1) is 0 Å². The molecule has 1 saturated carbocycles. The van der Waals surface area contributed by atoms with E-state index < -0.39 is 11.3 Å². The second-order valence-corrected chi connectivity index (χ2v) is 9.86. The van der Waals surface area contributed by atoms with Gasteiger partial charge in [-0.05, 0) is 44.0 Å². The summed E-state index contributed by atoms with van der Waals surface area (Å²) in [6.45, 7) is 4.29. The molecule has 0 amide bonds. The molecule has 178 valence electrons. The predicted octanol–water partition coefficient (Wildman–Crippen LogP) is 4.12. The van der Waals surface area contributed by atoms with Gasteiger partial charge in [-0.25, -0.2) is 13.6 Å². The third-order valence-electron chi connectivity index (χ3n) is 6.77. The van der Waals surface area contributed by atoms with Gasteiger partial charge in [-0.2, -0.15) is 0 Å². The highest BCUT2D eigenvalue weighted by atomic mass is 32.2. The average Bonchev–Trinajstić information content (AvgIpc) is 3.58. The summed E-state index contributed by atoms with van der Waals surface area (Å²) in [7, 11) is 1.60. The monoisotopic (exact) mass is 483 g/mol. The molecule has 8 nitrogen and oxygen atoms in total. The van der Waals surface area contributed by atoms with Gasteiger partial charge in [0.25, 0.3) is 11.3 Å². The van der Waals surface area contributed by atoms with Crippen LogP contribution in [0.15, 0.2) is 30.5 Å². The number of benzene rings is 2. The molecule has 2 atom stereocenters. The molecular formula is C24H26FN5O3S. The first kappa shape index (κ1) is 21.6. The van der Waals surface area contributed by atoms with Gasteiger partial charge in [0.1, 0.15) is 5.69 Å². The van der Waals surface area contributed by atoms with E-state index in [1.165, 1.54) is 0 Å². The van der Waals surface area contributed by atoms with Crippen LogP contribution in [-0.2, 0) is 11.3 Å². The third kappa shape index (κ3) is 3.48. The number of aromatic nitrogens is 2. The summed E-state index contributed by atoms with van der Waals surface area (Å²) in [5, 5.41) is 4.97. The molecule has 3 aliphatic heterocycles. The minimum Gasteiger partial charge on any atom is -0.492 e. The predicted molar refractivity (Wildman–Crippen MR) is 133 cm³/mol. The van der Waals surface area contributed by atoms with E-state index in [0.717, 1.165) is 41.4 Å². The van der Waals surface area contributed by atoms with Crippen LogP contribution >= 0.6 is 0 Å². The van der Waals surface area contributed by atoms with Gasteiger partial charge in [-0.1, -0.05) is 0 Å². The summed E-state index contributed by atoms with van der Waals surface area (Å²) >= 11 is -2.17. The van der Waals surface area contributed by atoms with Crippen LogP contribution in [0.4, 0.5) is 15.8 Å². The van der Waals surface area contributed by atoms with Crippen molar-refractivity contribution in [3.63, 3.8) is 0 Å². The van der Waals surface area contributed by atoms with Gasteiger partial charge in [0.2, 0.25) is 0 Å². The summed E-state index contributed by atoms with van der Waals surface area (Å²) in [6.07, 6.45) is 4.18. The Bertz CT molecular complexity index is 1420. The summed E-state index contributed by atoms with van der Waals surface area (Å²) in [4.78, 5) is 6.90. The number of fused-ring (bicyclic) bond motifs is 5. The van der Waals surface area contributed by atoms with E-state index in [1.807, 2.05) is 12.1 Å². The normalized spacial score (nSPS) is 19.8. The van der Waals surface area contributed by atoms with Crippen molar-refractivity contribution in [1.82, 2.24) is 14.9 Å². The Balaban J connectivity index is 1.64. The number of halogens is 1. The molecule has 2 aromatic carbocycles. The number of nitrogens with one attached hydrogen (secondary N) is 2. The Morgan fingerprint density at radius 1 is 1.29 bits per heavy atom. The second-order valence-electron chi connectivity index (χ2n) is 9.16. The molecule has 34 heavy (non-hydrogen) atoms. The Morgan fingerprint density at radius 2 is 2.12 bits per heavy atom. The Hall–Kier alpha value is -2.95. The molecule has 2 fully saturated rings. The van der Waals surface area contributed by atoms with Crippen LogP contribution < -0.4 is 19.7 Å². The first-order valence-electron chi connectivity index (χ1n) is 11.4. The average molecular weight is 484 g/mol. The zero-order chi connectivity index (χ0) is 23.6. The number of methoxy groups -OCH3 is 1. The first-order valence-corrected chi connectivity index (χ1v) is 12.6. The zero-order valence-corrected chi connectivity index (χ0v) is 19.8. The van der Waals surface area contributed by atoms with Gasteiger partial charge < -0.3 is 19.5 Å². The summed E-state index contributed by atoms with van der Waals surface area (Å²) in [5.41, 5.74) is 4.21. The lowest BCUT2D eigenvalue weighted by atomic mass is 10.0. The van der Waals surface area contributed by atoms with Gasteiger partial charge in [0.15, 0.2) is 11.6 Å². The number of anilines is 2. The van der Waals surface area contributed by atoms with Crippen molar-refractivity contribution in [3.05, 3.63) is 36.3 Å². The standard InChI is InChI=1S/C24H26FN5O3S/c1-13-11-29(8-7-26-13)23-19(25)10-17-21-18(12-30(15-4-5-15)22(17)24(23)33-2)16-9-14(28-34(31)32)3-6-20(16)27-21/h3,6,9-10,12-13,15,26,28H,4-5,7-8,11H2,1-2H3,(H,31,32). The Labute approximate surface area is 198 Å². The molecule has 4 aliphatic rings. The van der Waals surface area contributed by atoms with Gasteiger partial charge >= 0.3 is 0 Å². The lowest BCUT2D eigenvalue weighted by Crippen LogP contribution is -2.49. The fraction of sp³-hybridized carbons (Fsp3) is 0.375. The van der Waals surface area contributed by atoms with Crippen LogP contribution in [0.3, 0.4) is 0 Å². The maximum atomic E-state index is 15.8. The summed E-state index contributed by atoms with van der Waals surface area (Å²) in [6, 6.07) is 7.49. The molecule has 0 radical (unpaired) electrons. The van der Waals surface area contributed by atoms with Crippen LogP contribution in [0.2, 0.25) is 0 Å². The maximum Gasteiger partial charge on any atom is 0.259 e. The summed E-state index contributed by atoms with van der Waals surface area (Å²) < 4.78 is 46.9. The fourth-order valence-corrected chi connectivity index (χ4v) is 5.50.